The van der Waals surface area contributed by atoms with Gasteiger partial charge in [0, 0.05) is 29.4 Å². The number of hydrogen-bond donors (Lipinski definition) is 1. The van der Waals surface area contributed by atoms with Gasteiger partial charge in [-0.05, 0) is 49.6 Å². The van der Waals surface area contributed by atoms with Gasteiger partial charge in [-0.2, -0.15) is 4.36 Å². The molecule has 0 saturated carbocycles. The molecule has 1 N–H and O–H groups in total. The van der Waals surface area contributed by atoms with Crippen molar-refractivity contribution in [1.82, 2.24) is 9.97 Å². The number of halogens is 1. The summed E-state index contributed by atoms with van der Waals surface area (Å²) in [5, 5.41) is 4.11. The molecule has 3 heterocycles. The van der Waals surface area contributed by atoms with Crippen molar-refractivity contribution >= 4 is 37.8 Å². The Labute approximate surface area is 186 Å². The molecule has 168 valence electrons. The number of anilines is 2. The molecule has 3 aromatic rings. The summed E-state index contributed by atoms with van der Waals surface area (Å²) < 4.78 is 42.7. The van der Waals surface area contributed by atoms with Crippen molar-refractivity contribution in [2.45, 2.75) is 32.3 Å². The van der Waals surface area contributed by atoms with E-state index in [9.17, 15) is 8.60 Å². The fourth-order valence-electron chi connectivity index (χ4n) is 4.17. The molecule has 9 heteroatoms. The monoisotopic (exact) mass is 456 g/mol. The van der Waals surface area contributed by atoms with Crippen LogP contribution in [0.15, 0.2) is 41.0 Å². The quantitative estimate of drug-likeness (QED) is 0.589. The summed E-state index contributed by atoms with van der Waals surface area (Å²) in [6, 6.07) is 8.15. The predicted octanol–water partition coefficient (Wildman–Crippen LogP) is 4.88. The van der Waals surface area contributed by atoms with Crippen molar-refractivity contribution in [1.29, 1.82) is 0 Å². The second kappa shape index (κ2) is 8.63. The van der Waals surface area contributed by atoms with E-state index in [2.05, 4.69) is 19.6 Å². The lowest BCUT2D eigenvalue weighted by Crippen LogP contribution is -2.16. The molecular formula is C23H25FN4O3S. The molecule has 5 rings (SSSR count). The van der Waals surface area contributed by atoms with Crippen molar-refractivity contribution in [3.8, 4) is 5.75 Å². The largest absolute Gasteiger partial charge is 0.486 e. The molecule has 2 aromatic carbocycles. The van der Waals surface area contributed by atoms with Gasteiger partial charge in [-0.15, -0.1) is 0 Å². The first-order chi connectivity index (χ1) is 15.5. The maximum Gasteiger partial charge on any atom is 0.146 e. The lowest BCUT2D eigenvalue weighted by molar-refractivity contribution is 0.141. The highest BCUT2D eigenvalue weighted by Gasteiger charge is 2.20. The number of aryl methyl sites for hydroxylation is 1. The number of nitrogens with one attached hydrogen (secondary N) is 1. The lowest BCUT2D eigenvalue weighted by Gasteiger charge is -2.17. The van der Waals surface area contributed by atoms with Crippen LogP contribution < -0.4 is 10.1 Å². The zero-order valence-electron chi connectivity index (χ0n) is 17.8. The standard InChI is InChI=1S/C23H25FN4O3S/c1-15-10-17(28-32(29)8-2-3-9-32)12-20-22(15)23(26-14-25-20)27-19-5-4-16(24)11-21(19)31-18-6-7-30-13-18/h4-5,10-12,14,18H,2-3,6-9,13H2,1H3,(H,25,26,27)/t18-/m0/s1. The van der Waals surface area contributed by atoms with Crippen LogP contribution in [0.3, 0.4) is 0 Å². The molecule has 2 saturated heterocycles. The summed E-state index contributed by atoms with van der Waals surface area (Å²) in [5.41, 5.74) is 2.91. The SMILES string of the molecule is Cc1cc(N=S2(=O)CCCC2)cc2ncnc(Nc3ccc(F)cc3O[C@H]3CCOC3)c12. The fourth-order valence-corrected chi connectivity index (χ4v) is 6.36. The normalized spacial score (nSPS) is 19.9. The smallest absolute Gasteiger partial charge is 0.146 e. The van der Waals surface area contributed by atoms with E-state index in [4.69, 9.17) is 9.47 Å². The highest BCUT2D eigenvalue weighted by atomic mass is 32.2. The fraction of sp³-hybridized carbons (Fsp3) is 0.391. The van der Waals surface area contributed by atoms with Crippen LogP contribution >= 0.6 is 0 Å². The molecule has 1 atom stereocenters. The Kier molecular flexibility index (Phi) is 5.69. The second-order valence-electron chi connectivity index (χ2n) is 8.23. The Morgan fingerprint density at radius 2 is 2.06 bits per heavy atom. The van der Waals surface area contributed by atoms with Crippen molar-refractivity contribution in [3.05, 3.63) is 48.0 Å². The lowest BCUT2D eigenvalue weighted by atomic mass is 10.1. The minimum atomic E-state index is -2.17. The minimum absolute atomic E-state index is 0.108. The Balaban J connectivity index is 1.51. The van der Waals surface area contributed by atoms with Gasteiger partial charge in [0.15, 0.2) is 0 Å². The first-order valence-electron chi connectivity index (χ1n) is 10.8. The Morgan fingerprint density at radius 1 is 1.22 bits per heavy atom. The van der Waals surface area contributed by atoms with Crippen molar-refractivity contribution in [2.75, 3.05) is 30.0 Å². The summed E-state index contributed by atoms with van der Waals surface area (Å²) in [7, 11) is -2.17. The van der Waals surface area contributed by atoms with Crippen LogP contribution in [0.2, 0.25) is 0 Å². The van der Waals surface area contributed by atoms with Gasteiger partial charge in [0.2, 0.25) is 0 Å². The Morgan fingerprint density at radius 3 is 2.84 bits per heavy atom. The molecule has 0 aliphatic carbocycles. The molecule has 0 radical (unpaired) electrons. The number of nitrogens with zero attached hydrogens (tertiary/aromatic N) is 3. The van der Waals surface area contributed by atoms with E-state index in [1.807, 2.05) is 19.1 Å². The summed E-state index contributed by atoms with van der Waals surface area (Å²) in [6.07, 6.45) is 4.04. The number of ether oxygens (including phenoxy) is 2. The van der Waals surface area contributed by atoms with Gasteiger partial charge >= 0.3 is 0 Å². The van der Waals surface area contributed by atoms with Gasteiger partial charge in [0.1, 0.15) is 29.8 Å². The van der Waals surface area contributed by atoms with Gasteiger partial charge in [-0.3, -0.25) is 0 Å². The van der Waals surface area contributed by atoms with E-state index >= 15 is 0 Å². The molecule has 32 heavy (non-hydrogen) atoms. The van der Waals surface area contributed by atoms with Crippen molar-refractivity contribution < 1.29 is 18.1 Å². The molecule has 7 nitrogen and oxygen atoms in total. The van der Waals surface area contributed by atoms with Crippen LogP contribution in [0.4, 0.5) is 21.6 Å². The van der Waals surface area contributed by atoms with Gasteiger partial charge in [0.05, 0.1) is 39.8 Å². The first-order valence-corrected chi connectivity index (χ1v) is 12.6. The maximum atomic E-state index is 13.9. The van der Waals surface area contributed by atoms with Crippen LogP contribution in [-0.2, 0) is 14.5 Å². The van der Waals surface area contributed by atoms with E-state index in [1.165, 1.54) is 18.5 Å². The van der Waals surface area contributed by atoms with Gasteiger partial charge < -0.3 is 14.8 Å². The second-order valence-corrected chi connectivity index (χ2v) is 10.8. The Hall–Kier alpha value is -2.78. The van der Waals surface area contributed by atoms with Gasteiger partial charge in [0.25, 0.3) is 0 Å². The highest BCUT2D eigenvalue weighted by molar-refractivity contribution is 7.93. The summed E-state index contributed by atoms with van der Waals surface area (Å²) in [5.74, 6) is 1.93. The zero-order chi connectivity index (χ0) is 22.1. The average Bonchev–Trinajstić information content (AvgIpc) is 3.42. The summed E-state index contributed by atoms with van der Waals surface area (Å²) >= 11 is 0. The molecule has 2 aliphatic rings. The number of benzene rings is 2. The first kappa shape index (κ1) is 21.1. The third-order valence-electron chi connectivity index (χ3n) is 5.75. The van der Waals surface area contributed by atoms with E-state index in [1.54, 1.807) is 6.07 Å². The van der Waals surface area contributed by atoms with E-state index < -0.39 is 9.73 Å². The van der Waals surface area contributed by atoms with Crippen LogP contribution in [0, 0.1) is 12.7 Å². The van der Waals surface area contributed by atoms with Gasteiger partial charge in [-0.25, -0.2) is 18.6 Å². The number of aromatic nitrogens is 2. The molecule has 0 amide bonds. The van der Waals surface area contributed by atoms with Gasteiger partial charge in [-0.1, -0.05) is 0 Å². The van der Waals surface area contributed by atoms with Crippen LogP contribution in [0.25, 0.3) is 10.9 Å². The third-order valence-corrected chi connectivity index (χ3v) is 8.14. The molecule has 0 bridgehead atoms. The average molecular weight is 457 g/mol. The highest BCUT2D eigenvalue weighted by Crippen LogP contribution is 2.35. The Bertz CT molecular complexity index is 1270. The topological polar surface area (TPSA) is 85.7 Å². The molecule has 1 aromatic heterocycles. The summed E-state index contributed by atoms with van der Waals surface area (Å²) in [6.45, 7) is 3.08. The molecule has 2 aliphatic heterocycles. The predicted molar refractivity (Wildman–Crippen MR) is 123 cm³/mol. The van der Waals surface area contributed by atoms with Crippen LogP contribution in [0.1, 0.15) is 24.8 Å². The molecular weight excluding hydrogens is 431 g/mol. The molecule has 0 spiro atoms. The number of rotatable bonds is 5. The van der Waals surface area contributed by atoms with E-state index in [0.717, 1.165) is 30.2 Å². The van der Waals surface area contributed by atoms with E-state index in [0.29, 0.717) is 53.2 Å². The molecule has 0 unspecified atom stereocenters. The van der Waals surface area contributed by atoms with Crippen molar-refractivity contribution in [3.63, 3.8) is 0 Å². The number of fused-ring (bicyclic) bond motifs is 1. The van der Waals surface area contributed by atoms with Crippen LogP contribution in [-0.4, -0.2) is 45.0 Å². The van der Waals surface area contributed by atoms with Crippen molar-refractivity contribution in [2.24, 2.45) is 4.36 Å². The zero-order valence-corrected chi connectivity index (χ0v) is 18.7. The summed E-state index contributed by atoms with van der Waals surface area (Å²) in [4.78, 5) is 8.83. The van der Waals surface area contributed by atoms with E-state index in [-0.39, 0.29) is 11.9 Å². The maximum absolute atomic E-state index is 13.9. The molecule has 2 fully saturated rings. The number of hydrogen-bond acceptors (Lipinski definition) is 7. The van der Waals surface area contributed by atoms with Crippen LogP contribution in [0.5, 0.6) is 5.75 Å². The third kappa shape index (κ3) is 4.40. The minimum Gasteiger partial charge on any atom is -0.486 e.